The second kappa shape index (κ2) is 13.2. The number of nitrogens with zero attached hydrogens (tertiary/aromatic N) is 1. The summed E-state index contributed by atoms with van der Waals surface area (Å²) >= 11 is -5.14. The molecule has 1 unspecified atom stereocenters. The van der Waals surface area contributed by atoms with Gasteiger partial charge < -0.3 is 0 Å². The molecule has 11 heteroatoms. The summed E-state index contributed by atoms with van der Waals surface area (Å²) in [7, 11) is 0. The van der Waals surface area contributed by atoms with Gasteiger partial charge in [0.1, 0.15) is 0 Å². The predicted octanol–water partition coefficient (Wildman–Crippen LogP) is 3.13. The fourth-order valence-corrected chi connectivity index (χ4v) is 6.24. The molecule has 0 aliphatic carbocycles. The fraction of sp³-hybridized carbons (Fsp3) is 0.138. The minimum absolute atomic E-state index is 0.0539. The molecule has 4 rings (SSSR count). The molecule has 10 nitrogen and oxygen atoms in total. The van der Waals surface area contributed by atoms with Crippen molar-refractivity contribution in [3.05, 3.63) is 124 Å². The number of hydroxylamine groups is 1. The van der Waals surface area contributed by atoms with Crippen molar-refractivity contribution in [2.45, 2.75) is 26.2 Å². The van der Waals surface area contributed by atoms with Crippen LogP contribution in [0.3, 0.4) is 0 Å². The van der Waals surface area contributed by atoms with Gasteiger partial charge in [0.05, 0.1) is 0 Å². The second-order valence-corrected chi connectivity index (χ2v) is 12.8. The third-order valence-electron chi connectivity index (χ3n) is 5.97. The fourth-order valence-electron chi connectivity index (χ4n) is 4.06. The van der Waals surface area contributed by atoms with E-state index in [1.807, 2.05) is 66.1 Å². The van der Waals surface area contributed by atoms with Crippen molar-refractivity contribution in [1.82, 2.24) is 10.0 Å². The number of aromatic nitrogens is 1. The van der Waals surface area contributed by atoms with Gasteiger partial charge in [0.2, 0.25) is 0 Å². The van der Waals surface area contributed by atoms with E-state index in [9.17, 15) is 23.4 Å². The van der Waals surface area contributed by atoms with Crippen LogP contribution in [-0.2, 0) is 33.9 Å². The maximum atomic E-state index is 13.8. The number of hydrogen-bond acceptors (Lipinski definition) is 7. The molecule has 3 N–H and O–H groups in total. The van der Waals surface area contributed by atoms with Gasteiger partial charge in [-0.15, -0.1) is 0 Å². The third kappa shape index (κ3) is 7.25. The van der Waals surface area contributed by atoms with Gasteiger partial charge in [0.25, 0.3) is 0 Å². The number of carbonyl (C=O) groups is 2. The van der Waals surface area contributed by atoms with Crippen molar-refractivity contribution in [1.29, 1.82) is 0 Å². The van der Waals surface area contributed by atoms with Gasteiger partial charge in [-0.05, 0) is 0 Å². The Morgan fingerprint density at radius 3 is 2.23 bits per heavy atom. The molecule has 0 fully saturated rings. The van der Waals surface area contributed by atoms with Crippen LogP contribution < -0.4 is 20.7 Å². The molecule has 0 spiro atoms. The molecule has 1 aromatic heterocycles. The molecule has 0 bridgehead atoms. The van der Waals surface area contributed by atoms with Crippen molar-refractivity contribution in [2.75, 3.05) is 5.32 Å². The van der Waals surface area contributed by atoms with Crippen molar-refractivity contribution in [3.8, 4) is 5.69 Å². The number of benzene rings is 3. The van der Waals surface area contributed by atoms with Crippen molar-refractivity contribution in [2.24, 2.45) is 0 Å². The topological polar surface area (TPSA) is 136 Å². The normalized spacial score (nSPS) is 12.3. The Bertz CT molecular complexity index is 1590. The van der Waals surface area contributed by atoms with Crippen molar-refractivity contribution >= 4 is 36.0 Å². The molecule has 0 aliphatic heterocycles. The summed E-state index contributed by atoms with van der Waals surface area (Å²) in [6.07, 6.45) is 1.08. The molecule has 40 heavy (non-hydrogen) atoms. The molecule has 1 heterocycles. The average molecular weight is 605 g/mol. The van der Waals surface area contributed by atoms with Crippen LogP contribution in [0.25, 0.3) is 5.69 Å². The molecule has 0 saturated heterocycles. The van der Waals surface area contributed by atoms with Crippen LogP contribution in [-0.4, -0.2) is 35.8 Å². The zero-order chi connectivity index (χ0) is 28.5. The molecule has 2 amide bonds. The van der Waals surface area contributed by atoms with Crippen LogP contribution >= 0.6 is 0 Å². The van der Waals surface area contributed by atoms with Gasteiger partial charge in [0, 0.05) is 0 Å². The Balaban J connectivity index is 1.71. The van der Waals surface area contributed by atoms with Gasteiger partial charge in [0.15, 0.2) is 0 Å². The quantitative estimate of drug-likeness (QED) is 0.136. The molecule has 206 valence electrons. The van der Waals surface area contributed by atoms with E-state index >= 15 is 0 Å². The zero-order valence-electron chi connectivity index (χ0n) is 21.7. The number of nitrogens with one attached hydrogen (secondary N) is 2. The molecule has 3 aromatic carbocycles. The van der Waals surface area contributed by atoms with Gasteiger partial charge in [-0.1, -0.05) is 18.2 Å². The first-order valence-electron chi connectivity index (χ1n) is 12.4. The summed E-state index contributed by atoms with van der Waals surface area (Å²) < 4.78 is 23.6. The zero-order valence-corrected chi connectivity index (χ0v) is 23.5. The number of anilines is 1. The minimum atomic E-state index is -5.14. The Hall–Kier alpha value is -4.21. The molecule has 4 aromatic rings. The van der Waals surface area contributed by atoms with E-state index in [0.29, 0.717) is 24.2 Å². The number of hydrogen-bond donors (Lipinski definition) is 3. The van der Waals surface area contributed by atoms with E-state index in [-0.39, 0.29) is 22.4 Å². The van der Waals surface area contributed by atoms with Crippen LogP contribution in [0.15, 0.2) is 102 Å². The van der Waals surface area contributed by atoms with Crippen LogP contribution in [0.1, 0.15) is 30.2 Å². The van der Waals surface area contributed by atoms with E-state index < -0.39 is 25.6 Å². The SMILES string of the molecule is CC(=O)NO[As](=O)(OO)c1cccc(-n2c(Cc3ccccc3)ccc(NC(=O)CCc3ccccc3)c2=O)c1. The first-order valence-corrected chi connectivity index (χ1v) is 15.6. The number of amides is 2. The molecular formula is C29H28AsN3O7. The first-order chi connectivity index (χ1) is 19.3. The number of pyridine rings is 1. The van der Waals surface area contributed by atoms with Gasteiger partial charge in [-0.2, -0.15) is 0 Å². The molecule has 0 saturated carbocycles. The Morgan fingerprint density at radius 1 is 0.900 bits per heavy atom. The summed E-state index contributed by atoms with van der Waals surface area (Å²) in [5.41, 5.74) is 4.32. The van der Waals surface area contributed by atoms with Crippen LogP contribution in [0.5, 0.6) is 0 Å². The van der Waals surface area contributed by atoms with Gasteiger partial charge in [-0.3, -0.25) is 0 Å². The summed E-state index contributed by atoms with van der Waals surface area (Å²) in [5.74, 6) is -0.964. The molecule has 1 atom stereocenters. The van der Waals surface area contributed by atoms with E-state index in [4.69, 9.17) is 3.83 Å². The summed E-state index contributed by atoms with van der Waals surface area (Å²) in [6, 6.07) is 28.2. The molecular weight excluding hydrogens is 577 g/mol. The van der Waals surface area contributed by atoms with E-state index in [1.165, 1.54) is 22.8 Å². The summed E-state index contributed by atoms with van der Waals surface area (Å²) in [6.45, 7) is 1.14. The Labute approximate surface area is 233 Å². The standard InChI is InChI=1S/C29H28AsN3O7/c1-21(34)32-39-30(37,40-38)24-13-8-14-25(20-24)33-26(19-23-11-6-3-7-12-23)16-17-27(29(33)36)31-28(35)18-15-22-9-4-2-5-10-22/h2-14,16-17,20,38H,15,18-19H2,1H3,(H,31,35)(H,32,34). The van der Waals surface area contributed by atoms with E-state index in [2.05, 4.69) is 9.19 Å². The predicted molar refractivity (Wildman–Crippen MR) is 149 cm³/mol. The van der Waals surface area contributed by atoms with Crippen molar-refractivity contribution < 1.29 is 26.3 Å². The van der Waals surface area contributed by atoms with Crippen LogP contribution in [0.4, 0.5) is 5.69 Å². The molecule has 0 aliphatic rings. The molecule has 0 radical (unpaired) electrons. The third-order valence-corrected chi connectivity index (χ3v) is 9.03. The van der Waals surface area contributed by atoms with Gasteiger partial charge >= 0.3 is 216 Å². The summed E-state index contributed by atoms with van der Waals surface area (Å²) in [5, 5.41) is 12.1. The monoisotopic (exact) mass is 605 g/mol. The van der Waals surface area contributed by atoms with Crippen LogP contribution in [0.2, 0.25) is 0 Å². The van der Waals surface area contributed by atoms with E-state index in [1.54, 1.807) is 18.2 Å². The van der Waals surface area contributed by atoms with Crippen LogP contribution in [0, 0.1) is 0 Å². The number of rotatable bonds is 11. The number of carbonyl (C=O) groups excluding carboxylic acids is 2. The first kappa shape index (κ1) is 28.8. The van der Waals surface area contributed by atoms with E-state index in [0.717, 1.165) is 18.1 Å². The van der Waals surface area contributed by atoms with Crippen molar-refractivity contribution in [3.63, 3.8) is 0 Å². The Morgan fingerprint density at radius 2 is 1.57 bits per heavy atom. The maximum absolute atomic E-state index is 13.8. The summed E-state index contributed by atoms with van der Waals surface area (Å²) in [4.78, 5) is 37.8. The average Bonchev–Trinajstić information content (AvgIpc) is 2.97. The van der Waals surface area contributed by atoms with Gasteiger partial charge in [-0.25, -0.2) is 0 Å². The number of aryl methyl sites for hydroxylation is 1. The Kier molecular flexibility index (Phi) is 9.52. The second-order valence-electron chi connectivity index (χ2n) is 8.92.